The van der Waals surface area contributed by atoms with E-state index >= 15 is 0 Å². The number of rotatable bonds is 6. The fourth-order valence-corrected chi connectivity index (χ4v) is 6.07. The average Bonchev–Trinajstić information content (AvgIpc) is 3.43. The lowest BCUT2D eigenvalue weighted by Gasteiger charge is -2.36. The maximum atomic E-state index is 13.4. The van der Waals surface area contributed by atoms with E-state index in [1.807, 2.05) is 13.1 Å². The smallest absolute Gasteiger partial charge is 0.227 e. The van der Waals surface area contributed by atoms with Gasteiger partial charge < -0.3 is 15.1 Å². The minimum absolute atomic E-state index is 0.0768. The standard InChI is InChI=1S/C29H38N8O/c1-3-37-31-18-24(34-37)17-30-27-25-9-8-20(2)16-26(25)32-29(33-27)35-13-11-22(12-14-35)28(38)36-15-10-21-6-4-5-7-23(21)19-36/h4-7,18,20,22H,3,8-17,19H2,1-2H3,(H,30,32,33). The van der Waals surface area contributed by atoms with Gasteiger partial charge in [0, 0.05) is 37.7 Å². The number of carbonyl (C=O) groups is 1. The van der Waals surface area contributed by atoms with Crippen LogP contribution in [0.25, 0.3) is 0 Å². The molecule has 1 fully saturated rings. The Balaban J connectivity index is 1.13. The molecule has 2 aliphatic heterocycles. The highest BCUT2D eigenvalue weighted by Gasteiger charge is 2.32. The van der Waals surface area contributed by atoms with Crippen molar-refractivity contribution in [2.45, 2.75) is 72.0 Å². The number of carbonyl (C=O) groups excluding carboxylic acids is 1. The number of aromatic nitrogens is 5. The van der Waals surface area contributed by atoms with E-state index < -0.39 is 0 Å². The van der Waals surface area contributed by atoms with Crippen LogP contribution in [0.15, 0.2) is 30.5 Å². The van der Waals surface area contributed by atoms with Crippen molar-refractivity contribution in [3.63, 3.8) is 0 Å². The minimum Gasteiger partial charge on any atom is -0.364 e. The van der Waals surface area contributed by atoms with Crippen LogP contribution in [0.2, 0.25) is 0 Å². The number of hydrogen-bond donors (Lipinski definition) is 1. The first kappa shape index (κ1) is 24.8. The van der Waals surface area contributed by atoms with Crippen molar-refractivity contribution in [3.05, 3.63) is 58.5 Å². The Labute approximate surface area is 224 Å². The maximum absolute atomic E-state index is 13.4. The van der Waals surface area contributed by atoms with Crippen LogP contribution in [-0.2, 0) is 43.7 Å². The largest absolute Gasteiger partial charge is 0.364 e. The zero-order valence-corrected chi connectivity index (χ0v) is 22.6. The van der Waals surface area contributed by atoms with E-state index in [0.717, 1.165) is 88.7 Å². The highest BCUT2D eigenvalue weighted by atomic mass is 16.2. The molecule has 1 aliphatic carbocycles. The Hall–Kier alpha value is -3.49. The Bertz CT molecular complexity index is 1300. The Morgan fingerprint density at radius 1 is 1.05 bits per heavy atom. The Morgan fingerprint density at radius 2 is 1.87 bits per heavy atom. The number of nitrogens with one attached hydrogen (secondary N) is 1. The van der Waals surface area contributed by atoms with Gasteiger partial charge in [0.1, 0.15) is 11.5 Å². The van der Waals surface area contributed by atoms with Crippen LogP contribution in [0.5, 0.6) is 0 Å². The van der Waals surface area contributed by atoms with Gasteiger partial charge in [0.15, 0.2) is 0 Å². The van der Waals surface area contributed by atoms with Crippen LogP contribution in [-0.4, -0.2) is 55.4 Å². The summed E-state index contributed by atoms with van der Waals surface area (Å²) in [7, 11) is 0. The lowest BCUT2D eigenvalue weighted by atomic mass is 9.88. The summed E-state index contributed by atoms with van der Waals surface area (Å²) < 4.78 is 0. The van der Waals surface area contributed by atoms with Gasteiger partial charge in [0.2, 0.25) is 11.9 Å². The highest BCUT2D eigenvalue weighted by Crippen LogP contribution is 2.32. The third kappa shape index (κ3) is 5.11. The van der Waals surface area contributed by atoms with Gasteiger partial charge in [0.05, 0.1) is 25.0 Å². The molecule has 1 atom stereocenters. The van der Waals surface area contributed by atoms with E-state index in [4.69, 9.17) is 9.97 Å². The van der Waals surface area contributed by atoms with Crippen LogP contribution in [0.1, 0.15) is 61.2 Å². The number of amides is 1. The van der Waals surface area contributed by atoms with E-state index in [1.54, 1.807) is 4.80 Å². The molecule has 1 saturated heterocycles. The molecule has 9 nitrogen and oxygen atoms in total. The number of nitrogens with zero attached hydrogens (tertiary/aromatic N) is 7. The minimum atomic E-state index is 0.0768. The predicted octanol–water partition coefficient (Wildman–Crippen LogP) is 3.63. The van der Waals surface area contributed by atoms with E-state index in [2.05, 4.69) is 56.5 Å². The summed E-state index contributed by atoms with van der Waals surface area (Å²) in [5.74, 6) is 2.72. The van der Waals surface area contributed by atoms with Gasteiger partial charge in [-0.2, -0.15) is 20.0 Å². The van der Waals surface area contributed by atoms with Gasteiger partial charge in [-0.1, -0.05) is 31.2 Å². The molecular formula is C29H38N8O. The van der Waals surface area contributed by atoms with Crippen LogP contribution >= 0.6 is 0 Å². The zero-order chi connectivity index (χ0) is 26.1. The van der Waals surface area contributed by atoms with Crippen LogP contribution < -0.4 is 10.2 Å². The van der Waals surface area contributed by atoms with Crippen molar-refractivity contribution in [1.29, 1.82) is 0 Å². The number of benzene rings is 1. The fourth-order valence-electron chi connectivity index (χ4n) is 6.07. The Kier molecular flexibility index (Phi) is 7.00. The van der Waals surface area contributed by atoms with E-state index in [1.165, 1.54) is 22.4 Å². The van der Waals surface area contributed by atoms with Gasteiger partial charge in [-0.15, -0.1) is 0 Å². The molecule has 38 heavy (non-hydrogen) atoms. The molecule has 0 saturated carbocycles. The molecule has 1 unspecified atom stereocenters. The third-order valence-electron chi connectivity index (χ3n) is 8.38. The third-order valence-corrected chi connectivity index (χ3v) is 8.38. The average molecular weight is 515 g/mol. The molecule has 0 spiro atoms. The normalized spacial score (nSPS) is 19.7. The van der Waals surface area contributed by atoms with Crippen LogP contribution in [0.3, 0.4) is 0 Å². The molecule has 1 N–H and O–H groups in total. The molecule has 3 aromatic rings. The quantitative estimate of drug-likeness (QED) is 0.537. The number of anilines is 2. The monoisotopic (exact) mass is 514 g/mol. The first-order chi connectivity index (χ1) is 18.6. The second-order valence-corrected chi connectivity index (χ2v) is 11.1. The molecule has 200 valence electrons. The number of hydrogen-bond acceptors (Lipinski definition) is 7. The van der Waals surface area contributed by atoms with Crippen molar-refractivity contribution in [2.75, 3.05) is 29.9 Å². The number of fused-ring (bicyclic) bond motifs is 2. The Morgan fingerprint density at radius 3 is 2.66 bits per heavy atom. The van der Waals surface area contributed by atoms with Gasteiger partial charge >= 0.3 is 0 Å². The van der Waals surface area contributed by atoms with Gasteiger partial charge in [-0.25, -0.2) is 4.98 Å². The van der Waals surface area contributed by atoms with Gasteiger partial charge in [-0.3, -0.25) is 4.79 Å². The highest BCUT2D eigenvalue weighted by molar-refractivity contribution is 5.79. The van der Waals surface area contributed by atoms with Crippen LogP contribution in [0, 0.1) is 11.8 Å². The van der Waals surface area contributed by atoms with Crippen molar-refractivity contribution in [1.82, 2.24) is 29.9 Å². The summed E-state index contributed by atoms with van der Waals surface area (Å²) in [5, 5.41) is 12.3. The first-order valence-corrected chi connectivity index (χ1v) is 14.2. The first-order valence-electron chi connectivity index (χ1n) is 14.2. The predicted molar refractivity (Wildman–Crippen MR) is 147 cm³/mol. The lowest BCUT2D eigenvalue weighted by Crippen LogP contribution is -2.44. The summed E-state index contributed by atoms with van der Waals surface area (Å²) in [6, 6.07) is 8.51. The molecule has 1 amide bonds. The maximum Gasteiger partial charge on any atom is 0.227 e. The molecule has 9 heteroatoms. The summed E-state index contributed by atoms with van der Waals surface area (Å²) >= 11 is 0. The van der Waals surface area contributed by atoms with E-state index in [-0.39, 0.29) is 5.92 Å². The summed E-state index contributed by atoms with van der Waals surface area (Å²) in [6.07, 6.45) is 7.59. The number of piperidine rings is 1. The lowest BCUT2D eigenvalue weighted by molar-refractivity contribution is -0.137. The summed E-state index contributed by atoms with van der Waals surface area (Å²) in [6.45, 7) is 8.86. The van der Waals surface area contributed by atoms with Gasteiger partial charge in [0.25, 0.3) is 0 Å². The molecule has 2 aromatic heterocycles. The topological polar surface area (TPSA) is 92.1 Å². The SMILES string of the molecule is CCn1ncc(CNc2nc(N3CCC(C(=O)N4CCc5ccccc5C4)CC3)nc3c2CCC(C)C3)n1. The summed E-state index contributed by atoms with van der Waals surface area (Å²) in [4.78, 5) is 29.5. The second-order valence-electron chi connectivity index (χ2n) is 11.1. The number of aryl methyl sites for hydroxylation is 1. The summed E-state index contributed by atoms with van der Waals surface area (Å²) in [5.41, 5.74) is 5.98. The van der Waals surface area contributed by atoms with Crippen molar-refractivity contribution in [2.24, 2.45) is 11.8 Å². The van der Waals surface area contributed by atoms with Crippen molar-refractivity contribution < 1.29 is 4.79 Å². The van der Waals surface area contributed by atoms with Crippen LogP contribution in [0.4, 0.5) is 11.8 Å². The van der Waals surface area contributed by atoms with E-state index in [0.29, 0.717) is 18.4 Å². The molecule has 4 heterocycles. The molecule has 0 bridgehead atoms. The fraction of sp³-hybridized carbons (Fsp3) is 0.552. The van der Waals surface area contributed by atoms with E-state index in [9.17, 15) is 4.79 Å². The zero-order valence-electron chi connectivity index (χ0n) is 22.6. The molecule has 1 aromatic carbocycles. The van der Waals surface area contributed by atoms with Crippen molar-refractivity contribution >= 4 is 17.7 Å². The molecule has 3 aliphatic rings. The molecular weight excluding hydrogens is 476 g/mol. The molecule has 6 rings (SSSR count). The van der Waals surface area contributed by atoms with Crippen molar-refractivity contribution in [3.8, 4) is 0 Å². The molecule has 0 radical (unpaired) electrons. The van der Waals surface area contributed by atoms with Gasteiger partial charge in [-0.05, 0) is 62.5 Å². The second kappa shape index (κ2) is 10.7.